The van der Waals surface area contributed by atoms with Crippen LogP contribution in [0.1, 0.15) is 15.2 Å². The van der Waals surface area contributed by atoms with Gasteiger partial charge in [0.05, 0.1) is 0 Å². The summed E-state index contributed by atoms with van der Waals surface area (Å²) in [6.45, 7) is -0.0729. The Morgan fingerprint density at radius 3 is 2.25 bits per heavy atom. The number of aryl methyl sites for hydroxylation is 2. The molecule has 0 saturated carbocycles. The molecule has 0 N–H and O–H groups in total. The number of benzene rings is 3. The maximum absolute atomic E-state index is 7.73. The van der Waals surface area contributed by atoms with Crippen LogP contribution in [0.25, 0.3) is 21.5 Å². The van der Waals surface area contributed by atoms with Crippen molar-refractivity contribution in [3.63, 3.8) is 0 Å². The SMILES string of the molecule is [2H]C([2H])([2H])c1cc2c(C)cccc2c2ccccc12. The first-order chi connectivity index (χ1) is 8.98. The van der Waals surface area contributed by atoms with Crippen molar-refractivity contribution in [1.29, 1.82) is 0 Å². The van der Waals surface area contributed by atoms with Crippen LogP contribution in [0, 0.1) is 13.8 Å². The summed E-state index contributed by atoms with van der Waals surface area (Å²) >= 11 is 0. The number of rotatable bonds is 0. The number of hydrogen-bond acceptors (Lipinski definition) is 0. The lowest BCUT2D eigenvalue weighted by atomic mass is 9.96. The van der Waals surface area contributed by atoms with Crippen LogP contribution < -0.4 is 0 Å². The van der Waals surface area contributed by atoms with Crippen LogP contribution in [0.2, 0.25) is 0 Å². The monoisotopic (exact) mass is 209 g/mol. The van der Waals surface area contributed by atoms with Gasteiger partial charge in [-0.1, -0.05) is 48.5 Å². The lowest BCUT2D eigenvalue weighted by Gasteiger charge is -2.09. The zero-order valence-corrected chi connectivity index (χ0v) is 9.12. The highest BCUT2D eigenvalue weighted by Crippen LogP contribution is 2.29. The van der Waals surface area contributed by atoms with Crippen molar-refractivity contribution < 1.29 is 4.11 Å². The fraction of sp³-hybridized carbons (Fsp3) is 0.125. The quantitative estimate of drug-likeness (QED) is 0.474. The Bertz CT molecular complexity index is 770. The van der Waals surface area contributed by atoms with Gasteiger partial charge in [0, 0.05) is 4.11 Å². The van der Waals surface area contributed by atoms with Gasteiger partial charge >= 0.3 is 0 Å². The Kier molecular flexibility index (Phi) is 1.40. The molecule has 3 aromatic carbocycles. The fourth-order valence-electron chi connectivity index (χ4n) is 2.28. The zero-order chi connectivity index (χ0) is 13.6. The molecule has 0 spiro atoms. The molecular formula is C16H14. The van der Waals surface area contributed by atoms with Crippen LogP contribution in [-0.2, 0) is 0 Å². The first-order valence-corrected chi connectivity index (χ1v) is 5.40. The van der Waals surface area contributed by atoms with Gasteiger partial charge in [-0.25, -0.2) is 0 Å². The standard InChI is InChI=1S/C16H14/c1-11-6-5-9-15-14-8-4-3-7-13(14)12(2)10-16(11)15/h3-10H,1-2H3/i2D3. The van der Waals surface area contributed by atoms with Gasteiger partial charge in [0.15, 0.2) is 0 Å². The molecule has 0 aliphatic heterocycles. The van der Waals surface area contributed by atoms with Crippen molar-refractivity contribution in [3.05, 3.63) is 59.7 Å². The van der Waals surface area contributed by atoms with Crippen molar-refractivity contribution in [2.45, 2.75) is 13.8 Å². The predicted octanol–water partition coefficient (Wildman–Crippen LogP) is 4.61. The minimum Gasteiger partial charge on any atom is -0.0616 e. The van der Waals surface area contributed by atoms with Crippen molar-refractivity contribution >= 4 is 21.5 Å². The molecule has 0 amide bonds. The number of hydrogen-bond donors (Lipinski definition) is 0. The highest BCUT2D eigenvalue weighted by Gasteiger charge is 2.04. The molecular weight excluding hydrogens is 192 g/mol. The smallest absolute Gasteiger partial charge is 0.0280 e. The summed E-state index contributed by atoms with van der Waals surface area (Å²) in [5.41, 5.74) is 1.54. The third-order valence-corrected chi connectivity index (χ3v) is 3.12. The van der Waals surface area contributed by atoms with Crippen molar-refractivity contribution in [2.75, 3.05) is 0 Å². The molecule has 78 valence electrons. The average molecular weight is 209 g/mol. The van der Waals surface area contributed by atoms with E-state index in [9.17, 15) is 0 Å². The molecule has 0 saturated heterocycles. The maximum Gasteiger partial charge on any atom is 0.0280 e. The van der Waals surface area contributed by atoms with Crippen molar-refractivity contribution in [1.82, 2.24) is 0 Å². The molecule has 3 rings (SSSR count). The molecule has 0 atom stereocenters. The summed E-state index contributed by atoms with van der Waals surface area (Å²) in [6.07, 6.45) is 0. The summed E-state index contributed by atoms with van der Waals surface area (Å²) < 4.78 is 23.2. The van der Waals surface area contributed by atoms with E-state index in [0.29, 0.717) is 5.56 Å². The molecule has 0 radical (unpaired) electrons. The van der Waals surface area contributed by atoms with Crippen molar-refractivity contribution in [2.24, 2.45) is 0 Å². The van der Waals surface area contributed by atoms with Gasteiger partial charge in [0.25, 0.3) is 0 Å². The molecule has 0 nitrogen and oxygen atoms in total. The van der Waals surface area contributed by atoms with Crippen LogP contribution in [0.3, 0.4) is 0 Å². The molecule has 3 aromatic rings. The Hall–Kier alpha value is -1.82. The first kappa shape index (κ1) is 6.70. The maximum atomic E-state index is 7.73. The Morgan fingerprint density at radius 1 is 0.750 bits per heavy atom. The van der Waals surface area contributed by atoms with Gasteiger partial charge in [-0.05, 0) is 46.4 Å². The largest absolute Gasteiger partial charge is 0.0616 e. The van der Waals surface area contributed by atoms with Gasteiger partial charge in [-0.2, -0.15) is 0 Å². The normalized spacial score (nSPS) is 14.7. The van der Waals surface area contributed by atoms with Gasteiger partial charge in [-0.3, -0.25) is 0 Å². The minimum atomic E-state index is -2.09. The van der Waals surface area contributed by atoms with Gasteiger partial charge < -0.3 is 0 Å². The third-order valence-electron chi connectivity index (χ3n) is 3.12. The number of fused-ring (bicyclic) bond motifs is 3. The van der Waals surface area contributed by atoms with Crippen LogP contribution in [-0.4, -0.2) is 0 Å². The molecule has 16 heavy (non-hydrogen) atoms. The summed E-state index contributed by atoms with van der Waals surface area (Å²) in [5.74, 6) is 0. The van der Waals surface area contributed by atoms with Crippen LogP contribution in [0.5, 0.6) is 0 Å². The summed E-state index contributed by atoms with van der Waals surface area (Å²) in [6, 6.07) is 15.6. The van der Waals surface area contributed by atoms with E-state index in [2.05, 4.69) is 0 Å². The second kappa shape index (κ2) is 3.34. The molecule has 0 heterocycles. The highest BCUT2D eigenvalue weighted by molar-refractivity contribution is 6.09. The van der Waals surface area contributed by atoms with Gasteiger partial charge in [0.1, 0.15) is 0 Å². The Labute approximate surface area is 99.7 Å². The van der Waals surface area contributed by atoms with E-state index in [-0.39, 0.29) is 0 Å². The van der Waals surface area contributed by atoms with Crippen molar-refractivity contribution in [3.8, 4) is 0 Å². The minimum absolute atomic E-state index is 0.435. The van der Waals surface area contributed by atoms with E-state index in [1.165, 1.54) is 0 Å². The Balaban J connectivity index is 2.58. The van der Waals surface area contributed by atoms with E-state index in [1.807, 2.05) is 55.5 Å². The van der Waals surface area contributed by atoms with E-state index in [0.717, 1.165) is 27.1 Å². The topological polar surface area (TPSA) is 0 Å². The highest BCUT2D eigenvalue weighted by atomic mass is 14.1. The zero-order valence-electron chi connectivity index (χ0n) is 12.1. The fourth-order valence-corrected chi connectivity index (χ4v) is 2.28. The van der Waals surface area contributed by atoms with Gasteiger partial charge in [-0.15, -0.1) is 0 Å². The lowest BCUT2D eigenvalue weighted by molar-refractivity contribution is 1.50. The molecule has 0 unspecified atom stereocenters. The molecule has 0 aliphatic rings. The second-order valence-electron chi connectivity index (χ2n) is 4.14. The van der Waals surface area contributed by atoms with E-state index < -0.39 is 6.85 Å². The van der Waals surface area contributed by atoms with E-state index in [1.54, 1.807) is 0 Å². The predicted molar refractivity (Wildman–Crippen MR) is 70.9 cm³/mol. The van der Waals surface area contributed by atoms with E-state index >= 15 is 0 Å². The average Bonchev–Trinajstić information content (AvgIpc) is 2.37. The summed E-state index contributed by atoms with van der Waals surface area (Å²) in [7, 11) is 0. The Morgan fingerprint density at radius 2 is 1.44 bits per heavy atom. The lowest BCUT2D eigenvalue weighted by Crippen LogP contribution is -1.84. The van der Waals surface area contributed by atoms with Crippen LogP contribution in [0.15, 0.2) is 48.5 Å². The van der Waals surface area contributed by atoms with Gasteiger partial charge in [0.2, 0.25) is 0 Å². The summed E-state index contributed by atoms with van der Waals surface area (Å²) in [5, 5.41) is 3.96. The van der Waals surface area contributed by atoms with Crippen LogP contribution >= 0.6 is 0 Å². The second-order valence-corrected chi connectivity index (χ2v) is 4.14. The van der Waals surface area contributed by atoms with Crippen LogP contribution in [0.4, 0.5) is 0 Å². The molecule has 0 aliphatic carbocycles. The molecule has 0 fully saturated rings. The van der Waals surface area contributed by atoms with E-state index in [4.69, 9.17) is 4.11 Å². The summed E-state index contributed by atoms with van der Waals surface area (Å²) in [4.78, 5) is 0. The third kappa shape index (κ3) is 1.23. The first-order valence-electron chi connectivity index (χ1n) is 6.90. The molecule has 0 bridgehead atoms. The molecule has 0 aromatic heterocycles. The molecule has 0 heteroatoms.